The predicted octanol–water partition coefficient (Wildman–Crippen LogP) is 4.41. The number of benzene rings is 4. The van der Waals surface area contributed by atoms with Crippen LogP contribution in [-0.4, -0.2) is 29.8 Å². The molecule has 1 spiro atoms. The third-order valence-electron chi connectivity index (χ3n) is 7.99. The molecule has 4 aromatic carbocycles. The van der Waals surface area contributed by atoms with Gasteiger partial charge in [0.1, 0.15) is 0 Å². The van der Waals surface area contributed by atoms with E-state index in [1.54, 1.807) is 42.5 Å². The van der Waals surface area contributed by atoms with Crippen LogP contribution in [0.25, 0.3) is 21.5 Å². The van der Waals surface area contributed by atoms with Crippen LogP contribution in [0.4, 0.5) is 35.9 Å². The number of rotatable bonds is 2. The maximum atomic E-state index is 14.7. The fourth-order valence-corrected chi connectivity index (χ4v) is 6.10. The van der Waals surface area contributed by atoms with E-state index in [0.29, 0.717) is 31.6 Å². The maximum Gasteiger partial charge on any atom is 0.402 e. The van der Waals surface area contributed by atoms with Crippen LogP contribution in [-0.2, 0) is 19.2 Å². The molecule has 6 rings (SSSR count). The Balaban J connectivity index is 1.59. The van der Waals surface area contributed by atoms with Gasteiger partial charge in [-0.2, -0.15) is 13.2 Å². The summed E-state index contributed by atoms with van der Waals surface area (Å²) in [4.78, 5) is 56.5. The van der Waals surface area contributed by atoms with E-state index < -0.39 is 47.1 Å². The van der Waals surface area contributed by atoms with Crippen molar-refractivity contribution < 1.29 is 32.3 Å². The van der Waals surface area contributed by atoms with Gasteiger partial charge < -0.3 is 11.5 Å². The minimum Gasteiger partial charge on any atom is -0.398 e. The van der Waals surface area contributed by atoms with E-state index in [1.165, 1.54) is 30.3 Å². The first-order valence-electron chi connectivity index (χ1n) is 12.3. The number of nitrogen functional groups attached to an aromatic ring is 2. The van der Waals surface area contributed by atoms with Crippen molar-refractivity contribution in [2.75, 3.05) is 21.3 Å². The molecule has 4 N–H and O–H groups in total. The summed E-state index contributed by atoms with van der Waals surface area (Å²) in [5.74, 6) is -10.4. The molecule has 3 atom stereocenters. The smallest absolute Gasteiger partial charge is 0.398 e. The monoisotopic (exact) mass is 546 g/mol. The zero-order valence-electron chi connectivity index (χ0n) is 20.9. The highest BCUT2D eigenvalue weighted by atomic mass is 19.4. The summed E-state index contributed by atoms with van der Waals surface area (Å²) in [5.41, 5.74) is 9.44. The summed E-state index contributed by atoms with van der Waals surface area (Å²) in [6.07, 6.45) is -5.32. The molecule has 8 nitrogen and oxygen atoms in total. The van der Waals surface area contributed by atoms with E-state index in [1.807, 2.05) is 0 Å². The van der Waals surface area contributed by atoms with Gasteiger partial charge in [-0.05, 0) is 24.3 Å². The molecule has 1 unspecified atom stereocenters. The Hall–Kier alpha value is -4.93. The van der Waals surface area contributed by atoms with Crippen molar-refractivity contribution in [2.45, 2.75) is 13.1 Å². The lowest BCUT2D eigenvalue weighted by Gasteiger charge is -2.28. The van der Waals surface area contributed by atoms with E-state index >= 15 is 0 Å². The van der Waals surface area contributed by atoms with Crippen molar-refractivity contribution >= 4 is 67.9 Å². The number of carbonyl (C=O) groups excluding carboxylic acids is 4. The number of hydrogen-bond donors (Lipinski definition) is 2. The first kappa shape index (κ1) is 25.4. The summed E-state index contributed by atoms with van der Waals surface area (Å²) in [7, 11) is 0. The van der Waals surface area contributed by atoms with Crippen LogP contribution in [0.1, 0.15) is 6.92 Å². The fourth-order valence-electron chi connectivity index (χ4n) is 6.10. The molecule has 2 saturated heterocycles. The molecular formula is C29H21F3N4O4. The minimum atomic E-state index is -5.32. The molecule has 2 aliphatic heterocycles. The molecule has 0 bridgehead atoms. The molecule has 40 heavy (non-hydrogen) atoms. The molecule has 2 fully saturated rings. The summed E-state index contributed by atoms with van der Waals surface area (Å²) in [5, 5.41) is 1.44. The number of hydrogen-bond acceptors (Lipinski definition) is 6. The Morgan fingerprint density at radius 1 is 0.650 bits per heavy atom. The molecule has 4 amide bonds. The van der Waals surface area contributed by atoms with Gasteiger partial charge in [0.25, 0.3) is 11.8 Å². The number of imide groups is 2. The molecule has 0 aliphatic carbocycles. The van der Waals surface area contributed by atoms with E-state index in [9.17, 15) is 32.3 Å². The predicted molar refractivity (Wildman–Crippen MR) is 143 cm³/mol. The Morgan fingerprint density at radius 3 is 1.48 bits per heavy atom. The lowest BCUT2D eigenvalue weighted by molar-refractivity contribution is -0.203. The number of nitrogens with two attached hydrogens (primary N) is 2. The van der Waals surface area contributed by atoms with Crippen molar-refractivity contribution in [3.8, 4) is 0 Å². The largest absolute Gasteiger partial charge is 0.402 e. The Morgan fingerprint density at radius 2 is 1.05 bits per heavy atom. The van der Waals surface area contributed by atoms with Gasteiger partial charge in [0.2, 0.25) is 11.8 Å². The molecule has 0 radical (unpaired) electrons. The number of anilines is 4. The summed E-state index contributed by atoms with van der Waals surface area (Å²) < 4.78 is 44.2. The van der Waals surface area contributed by atoms with Gasteiger partial charge in [0.05, 0.1) is 17.3 Å². The summed E-state index contributed by atoms with van der Waals surface area (Å²) in [6, 6.07) is 18.2. The second kappa shape index (κ2) is 8.28. The summed E-state index contributed by atoms with van der Waals surface area (Å²) >= 11 is 0. The van der Waals surface area contributed by atoms with E-state index in [0.717, 1.165) is 6.92 Å². The molecule has 2 heterocycles. The second-order valence-corrected chi connectivity index (χ2v) is 9.96. The van der Waals surface area contributed by atoms with Crippen molar-refractivity contribution in [1.29, 1.82) is 0 Å². The fraction of sp³-hybridized carbons (Fsp3) is 0.172. The molecule has 4 aromatic rings. The molecule has 2 aliphatic rings. The third kappa shape index (κ3) is 3.08. The minimum absolute atomic E-state index is 0.0268. The topological polar surface area (TPSA) is 127 Å². The quantitative estimate of drug-likeness (QED) is 0.218. The molecule has 202 valence electrons. The Bertz CT molecular complexity index is 1790. The lowest BCUT2D eigenvalue weighted by Crippen LogP contribution is -2.51. The number of fused-ring (bicyclic) bond motifs is 2. The van der Waals surface area contributed by atoms with E-state index in [-0.39, 0.29) is 22.4 Å². The normalized spacial score (nSPS) is 23.4. The van der Waals surface area contributed by atoms with Gasteiger partial charge in [0, 0.05) is 32.9 Å². The summed E-state index contributed by atoms with van der Waals surface area (Å²) in [6.45, 7) is 1.08. The van der Waals surface area contributed by atoms with Crippen LogP contribution in [0.3, 0.4) is 0 Å². The SMILES string of the molecule is CC1C(=O)N(c2ccc(N)c3ccccc23)C(=O)[C@]12C(=O)N(c1ccc(N)c3ccccc13)C(=O)[C@@H]2C(F)(F)F. The van der Waals surface area contributed by atoms with Gasteiger partial charge >= 0.3 is 6.18 Å². The average Bonchev–Trinajstić information content (AvgIpc) is 3.27. The average molecular weight is 547 g/mol. The first-order valence-corrected chi connectivity index (χ1v) is 12.3. The highest BCUT2D eigenvalue weighted by Gasteiger charge is 2.79. The number of amides is 4. The van der Waals surface area contributed by atoms with Crippen LogP contribution in [0.2, 0.25) is 0 Å². The number of carbonyl (C=O) groups is 4. The van der Waals surface area contributed by atoms with E-state index in [4.69, 9.17) is 11.5 Å². The highest BCUT2D eigenvalue weighted by Crippen LogP contribution is 2.58. The molecule has 0 aromatic heterocycles. The molecule has 0 saturated carbocycles. The zero-order chi connectivity index (χ0) is 28.7. The third-order valence-corrected chi connectivity index (χ3v) is 7.99. The number of alkyl halides is 3. The van der Waals surface area contributed by atoms with Crippen molar-refractivity contribution in [2.24, 2.45) is 17.3 Å². The van der Waals surface area contributed by atoms with Gasteiger partial charge in [0.15, 0.2) is 11.3 Å². The standard InChI is InChI=1S/C29H21F3N4O4/c1-14-24(37)35(21-12-10-19(33)15-6-2-4-8-17(15)21)26(39)28(14)23(29(30,31)32)25(38)36(27(28)40)22-13-11-20(34)16-7-3-5-9-18(16)22/h2-14,23H,33-34H2,1H3/t14?,23-,28-/m0/s1. The number of halogens is 3. The van der Waals surface area contributed by atoms with Gasteiger partial charge in [-0.1, -0.05) is 55.5 Å². The molecular weight excluding hydrogens is 525 g/mol. The zero-order valence-corrected chi connectivity index (χ0v) is 20.9. The Labute approximate surface area is 224 Å². The first-order chi connectivity index (χ1) is 18.9. The van der Waals surface area contributed by atoms with Crippen molar-refractivity contribution in [3.63, 3.8) is 0 Å². The number of nitrogens with zero attached hydrogens (tertiary/aromatic N) is 2. The van der Waals surface area contributed by atoms with Gasteiger partial charge in [-0.3, -0.25) is 19.2 Å². The van der Waals surface area contributed by atoms with Crippen LogP contribution in [0, 0.1) is 17.3 Å². The molecule has 11 heteroatoms. The highest BCUT2D eigenvalue weighted by molar-refractivity contribution is 6.41. The van der Waals surface area contributed by atoms with Crippen molar-refractivity contribution in [1.82, 2.24) is 0 Å². The van der Waals surface area contributed by atoms with Crippen LogP contribution in [0.15, 0.2) is 72.8 Å². The van der Waals surface area contributed by atoms with Crippen molar-refractivity contribution in [3.05, 3.63) is 72.8 Å². The maximum absolute atomic E-state index is 14.7. The Kier molecular flexibility index (Phi) is 5.25. The van der Waals surface area contributed by atoms with E-state index in [2.05, 4.69) is 0 Å². The van der Waals surface area contributed by atoms with Crippen LogP contribution >= 0.6 is 0 Å². The van der Waals surface area contributed by atoms with Crippen LogP contribution in [0.5, 0.6) is 0 Å². The van der Waals surface area contributed by atoms with Gasteiger partial charge in [-0.15, -0.1) is 0 Å². The lowest BCUT2D eigenvalue weighted by atomic mass is 9.69. The second-order valence-electron chi connectivity index (χ2n) is 9.96. The van der Waals surface area contributed by atoms with Gasteiger partial charge in [-0.25, -0.2) is 9.80 Å². The van der Waals surface area contributed by atoms with Crippen LogP contribution < -0.4 is 21.3 Å².